The number of carbonyl (C=O) groups excluding carboxylic acids is 1. The van der Waals surface area contributed by atoms with E-state index in [4.69, 9.17) is 11.6 Å². The van der Waals surface area contributed by atoms with Gasteiger partial charge in [0.05, 0.1) is 0 Å². The Morgan fingerprint density at radius 1 is 1.47 bits per heavy atom. The van der Waals surface area contributed by atoms with Crippen molar-refractivity contribution in [3.63, 3.8) is 0 Å². The number of carbonyl (C=O) groups is 1. The van der Waals surface area contributed by atoms with Crippen molar-refractivity contribution in [1.82, 2.24) is 0 Å². The number of benzene rings is 1. The van der Waals surface area contributed by atoms with Crippen LogP contribution in [0.2, 0.25) is 5.02 Å². The van der Waals surface area contributed by atoms with Gasteiger partial charge in [0.2, 0.25) is 0 Å². The number of allylic oxidation sites excluding steroid dienone is 2. The Labute approximate surface area is 93.6 Å². The van der Waals surface area contributed by atoms with E-state index in [0.717, 1.165) is 5.57 Å². The zero-order chi connectivity index (χ0) is 11.4. The predicted molar refractivity (Wildman–Crippen MR) is 59.6 cm³/mol. The van der Waals surface area contributed by atoms with Crippen molar-refractivity contribution in [2.75, 3.05) is 0 Å². The van der Waals surface area contributed by atoms with E-state index in [1.54, 1.807) is 19.1 Å². The van der Waals surface area contributed by atoms with Gasteiger partial charge in [-0.05, 0) is 44.0 Å². The van der Waals surface area contributed by atoms with Crippen LogP contribution in [-0.2, 0) is 11.2 Å². The second kappa shape index (κ2) is 5.08. The van der Waals surface area contributed by atoms with Gasteiger partial charge in [0.25, 0.3) is 0 Å². The first-order valence-corrected chi connectivity index (χ1v) is 4.98. The summed E-state index contributed by atoms with van der Waals surface area (Å²) in [5.41, 5.74) is 1.39. The molecule has 1 rings (SSSR count). The zero-order valence-electron chi connectivity index (χ0n) is 8.68. The Balaban J connectivity index is 2.86. The van der Waals surface area contributed by atoms with E-state index in [2.05, 4.69) is 0 Å². The largest absolute Gasteiger partial charge is 0.295 e. The Morgan fingerprint density at radius 3 is 2.67 bits per heavy atom. The fraction of sp³-hybridized carbons (Fsp3) is 0.250. The molecule has 80 valence electrons. The van der Waals surface area contributed by atoms with Crippen molar-refractivity contribution in [1.29, 1.82) is 0 Å². The Morgan fingerprint density at radius 2 is 2.13 bits per heavy atom. The van der Waals surface area contributed by atoms with E-state index in [-0.39, 0.29) is 11.6 Å². The van der Waals surface area contributed by atoms with Gasteiger partial charge in [0, 0.05) is 5.02 Å². The molecule has 1 nitrogen and oxygen atoms in total. The topological polar surface area (TPSA) is 17.1 Å². The smallest absolute Gasteiger partial charge is 0.152 e. The molecular formula is C12H12ClFO. The first-order valence-electron chi connectivity index (χ1n) is 4.60. The standard InChI is InChI=1S/C12H12ClFO/c1-8(5-9(2)15)6-10-3-4-11(13)7-12(10)14/h3-5,7H,6H2,1-2H3/b8-5+. The third-order valence-electron chi connectivity index (χ3n) is 1.93. The van der Waals surface area contributed by atoms with Gasteiger partial charge in [-0.15, -0.1) is 0 Å². The lowest BCUT2D eigenvalue weighted by atomic mass is 10.1. The van der Waals surface area contributed by atoms with E-state index in [9.17, 15) is 9.18 Å². The van der Waals surface area contributed by atoms with Crippen LogP contribution >= 0.6 is 11.6 Å². The van der Waals surface area contributed by atoms with Gasteiger partial charge >= 0.3 is 0 Å². The van der Waals surface area contributed by atoms with Crippen LogP contribution in [0.25, 0.3) is 0 Å². The molecule has 0 aliphatic heterocycles. The minimum atomic E-state index is -0.334. The van der Waals surface area contributed by atoms with Gasteiger partial charge in [-0.1, -0.05) is 23.2 Å². The van der Waals surface area contributed by atoms with Crippen LogP contribution in [-0.4, -0.2) is 5.78 Å². The van der Waals surface area contributed by atoms with E-state index >= 15 is 0 Å². The summed E-state index contributed by atoms with van der Waals surface area (Å²) in [6.45, 7) is 3.27. The van der Waals surface area contributed by atoms with Crippen molar-refractivity contribution >= 4 is 17.4 Å². The zero-order valence-corrected chi connectivity index (χ0v) is 9.44. The molecule has 0 saturated carbocycles. The maximum atomic E-state index is 13.4. The normalized spacial score (nSPS) is 11.6. The molecule has 0 radical (unpaired) electrons. The second-order valence-electron chi connectivity index (χ2n) is 3.51. The SMILES string of the molecule is CC(=O)/C=C(\C)Cc1ccc(Cl)cc1F. The van der Waals surface area contributed by atoms with Crippen molar-refractivity contribution in [2.24, 2.45) is 0 Å². The van der Waals surface area contributed by atoms with Crippen LogP contribution in [0.15, 0.2) is 29.8 Å². The molecule has 0 aliphatic carbocycles. The minimum absolute atomic E-state index is 0.0260. The molecule has 0 aliphatic rings. The summed E-state index contributed by atoms with van der Waals surface area (Å²) in [6, 6.07) is 4.55. The maximum Gasteiger partial charge on any atom is 0.152 e. The maximum absolute atomic E-state index is 13.4. The molecule has 0 atom stereocenters. The molecule has 0 fully saturated rings. The molecule has 0 amide bonds. The molecule has 0 saturated heterocycles. The highest BCUT2D eigenvalue weighted by Gasteiger charge is 2.03. The first-order chi connectivity index (χ1) is 6.99. The fourth-order valence-electron chi connectivity index (χ4n) is 1.36. The second-order valence-corrected chi connectivity index (χ2v) is 3.95. The lowest BCUT2D eigenvalue weighted by molar-refractivity contribution is -0.112. The van der Waals surface area contributed by atoms with Gasteiger partial charge in [-0.3, -0.25) is 4.79 Å². The summed E-state index contributed by atoms with van der Waals surface area (Å²) in [5, 5.41) is 0.379. The average Bonchev–Trinajstić information content (AvgIpc) is 2.08. The van der Waals surface area contributed by atoms with E-state index in [1.165, 1.54) is 19.1 Å². The molecule has 3 heteroatoms. The van der Waals surface area contributed by atoms with Gasteiger partial charge in [0.15, 0.2) is 5.78 Å². The van der Waals surface area contributed by atoms with E-state index < -0.39 is 0 Å². The minimum Gasteiger partial charge on any atom is -0.295 e. The Kier molecular flexibility index (Phi) is 4.04. The molecule has 0 bridgehead atoms. The first kappa shape index (κ1) is 11.9. The molecule has 0 spiro atoms. The summed E-state index contributed by atoms with van der Waals surface area (Å²) in [6.07, 6.45) is 1.94. The van der Waals surface area contributed by atoms with Crippen molar-refractivity contribution < 1.29 is 9.18 Å². The fourth-order valence-corrected chi connectivity index (χ4v) is 1.52. The number of hydrogen-bond donors (Lipinski definition) is 0. The molecule has 0 N–H and O–H groups in total. The number of rotatable bonds is 3. The van der Waals surface area contributed by atoms with Crippen molar-refractivity contribution in [3.05, 3.63) is 46.3 Å². The van der Waals surface area contributed by atoms with Gasteiger partial charge < -0.3 is 0 Å². The van der Waals surface area contributed by atoms with Crippen molar-refractivity contribution in [3.8, 4) is 0 Å². The molecule has 0 aromatic heterocycles. The van der Waals surface area contributed by atoms with Gasteiger partial charge in [-0.25, -0.2) is 4.39 Å². The van der Waals surface area contributed by atoms with Gasteiger partial charge in [-0.2, -0.15) is 0 Å². The van der Waals surface area contributed by atoms with Crippen LogP contribution in [0.3, 0.4) is 0 Å². The monoisotopic (exact) mass is 226 g/mol. The highest BCUT2D eigenvalue weighted by molar-refractivity contribution is 6.30. The summed E-state index contributed by atoms with van der Waals surface area (Å²) in [4.78, 5) is 10.8. The molecule has 0 heterocycles. The van der Waals surface area contributed by atoms with Crippen LogP contribution in [0.1, 0.15) is 19.4 Å². The van der Waals surface area contributed by atoms with E-state index in [0.29, 0.717) is 17.0 Å². The number of halogens is 2. The summed E-state index contributed by atoms with van der Waals surface area (Å²) >= 11 is 5.63. The summed E-state index contributed by atoms with van der Waals surface area (Å²) in [5.74, 6) is -0.360. The quantitative estimate of drug-likeness (QED) is 0.721. The summed E-state index contributed by atoms with van der Waals surface area (Å²) in [7, 11) is 0. The predicted octanol–water partition coefficient (Wildman–Crippen LogP) is 3.56. The van der Waals surface area contributed by atoms with Crippen LogP contribution < -0.4 is 0 Å². The Bertz CT molecular complexity index is 410. The third-order valence-corrected chi connectivity index (χ3v) is 2.17. The number of ketones is 1. The van der Waals surface area contributed by atoms with Crippen LogP contribution in [0.5, 0.6) is 0 Å². The molecule has 15 heavy (non-hydrogen) atoms. The lowest BCUT2D eigenvalue weighted by Crippen LogP contribution is -1.94. The molecular weight excluding hydrogens is 215 g/mol. The average molecular weight is 227 g/mol. The Hall–Kier alpha value is -1.15. The lowest BCUT2D eigenvalue weighted by Gasteiger charge is -2.03. The molecule has 1 aromatic rings. The summed E-state index contributed by atoms with van der Waals surface area (Å²) < 4.78 is 13.4. The highest BCUT2D eigenvalue weighted by Crippen LogP contribution is 2.17. The van der Waals surface area contributed by atoms with Crippen molar-refractivity contribution in [2.45, 2.75) is 20.3 Å². The van der Waals surface area contributed by atoms with Gasteiger partial charge in [0.1, 0.15) is 5.82 Å². The van der Waals surface area contributed by atoms with E-state index in [1.807, 2.05) is 0 Å². The van der Waals surface area contributed by atoms with Crippen LogP contribution in [0.4, 0.5) is 4.39 Å². The van der Waals surface area contributed by atoms with Crippen LogP contribution in [0, 0.1) is 5.82 Å². The highest BCUT2D eigenvalue weighted by atomic mass is 35.5. The molecule has 1 aromatic carbocycles. The molecule has 0 unspecified atom stereocenters. The number of hydrogen-bond acceptors (Lipinski definition) is 1. The third kappa shape index (κ3) is 3.84.